The molecule has 6 rings (SSSR count). The Morgan fingerprint density at radius 1 is 1.16 bits per heavy atom. The van der Waals surface area contributed by atoms with E-state index in [1.54, 1.807) is 24.4 Å². The molecule has 0 radical (unpaired) electrons. The predicted molar refractivity (Wildman–Crippen MR) is 143 cm³/mol. The highest BCUT2D eigenvalue weighted by Crippen LogP contribution is 2.41. The molecule has 2 aromatic carbocycles. The standard InChI is InChI=1S/C29H28FN5O2/c1-29(2,3)23-13-19-25(33-28(31)34-26(19)32-23)18-5-4-6-22(20(18)14-36)35-10-9-16-11-17(15-7-8-15)12-21(30)24(16)27(35)37/h4-6,9-13,15,36H,7-8,14H2,1-3H3,(H3,31,32,33,34). The topological polar surface area (TPSA) is 110 Å². The molecule has 3 aromatic heterocycles. The molecule has 1 fully saturated rings. The lowest BCUT2D eigenvalue weighted by atomic mass is 9.92. The minimum Gasteiger partial charge on any atom is -0.392 e. The van der Waals surface area contributed by atoms with Crippen LogP contribution in [-0.4, -0.2) is 24.6 Å². The first-order valence-electron chi connectivity index (χ1n) is 12.4. The SMILES string of the molecule is CC(C)(C)c1cc2c(-c3cccc(-n4ccc5cc(C6CC6)cc(F)c5c4=O)c3CO)nc(N)nc2[nH]1. The maximum Gasteiger partial charge on any atom is 0.265 e. The lowest BCUT2D eigenvalue weighted by Gasteiger charge is -2.16. The number of halogens is 1. The fourth-order valence-corrected chi connectivity index (χ4v) is 5.02. The van der Waals surface area contributed by atoms with Crippen LogP contribution in [0.3, 0.4) is 0 Å². The zero-order valence-corrected chi connectivity index (χ0v) is 21.0. The lowest BCUT2D eigenvalue weighted by Crippen LogP contribution is -2.20. The number of aromatic amines is 1. The van der Waals surface area contributed by atoms with Crippen molar-refractivity contribution < 1.29 is 9.50 Å². The Hall–Kier alpha value is -4.04. The van der Waals surface area contributed by atoms with Crippen LogP contribution in [0.2, 0.25) is 0 Å². The largest absolute Gasteiger partial charge is 0.392 e. The van der Waals surface area contributed by atoms with Crippen molar-refractivity contribution >= 4 is 27.8 Å². The second-order valence-corrected chi connectivity index (χ2v) is 10.8. The molecule has 188 valence electrons. The number of hydrogen-bond acceptors (Lipinski definition) is 5. The molecule has 4 N–H and O–H groups in total. The van der Waals surface area contributed by atoms with Crippen LogP contribution in [0.5, 0.6) is 0 Å². The Kier molecular flexibility index (Phi) is 5.21. The number of pyridine rings is 1. The van der Waals surface area contributed by atoms with Crippen LogP contribution in [0, 0.1) is 5.82 Å². The zero-order chi connectivity index (χ0) is 26.1. The summed E-state index contributed by atoms with van der Waals surface area (Å²) in [6.07, 6.45) is 3.73. The summed E-state index contributed by atoms with van der Waals surface area (Å²) in [6.45, 7) is 5.91. The highest BCUT2D eigenvalue weighted by Gasteiger charge is 2.26. The molecule has 0 saturated heterocycles. The highest BCUT2D eigenvalue weighted by atomic mass is 19.1. The number of fused-ring (bicyclic) bond motifs is 2. The molecule has 5 aromatic rings. The average Bonchev–Trinajstić information content (AvgIpc) is 3.61. The van der Waals surface area contributed by atoms with Crippen molar-refractivity contribution in [2.45, 2.75) is 51.6 Å². The summed E-state index contributed by atoms with van der Waals surface area (Å²) in [4.78, 5) is 25.7. The van der Waals surface area contributed by atoms with Gasteiger partial charge in [0, 0.05) is 33.8 Å². The van der Waals surface area contributed by atoms with Gasteiger partial charge in [-0.3, -0.25) is 9.36 Å². The van der Waals surface area contributed by atoms with Crippen LogP contribution in [0.25, 0.3) is 38.8 Å². The number of aliphatic hydroxyl groups excluding tert-OH is 1. The number of aliphatic hydroxyl groups is 1. The number of nitrogens with zero attached hydrogens (tertiary/aromatic N) is 3. The molecule has 0 amide bonds. The van der Waals surface area contributed by atoms with E-state index < -0.39 is 11.4 Å². The van der Waals surface area contributed by atoms with Crippen molar-refractivity contribution in [1.29, 1.82) is 0 Å². The monoisotopic (exact) mass is 497 g/mol. The molecule has 0 bridgehead atoms. The molecule has 7 nitrogen and oxygen atoms in total. The van der Waals surface area contributed by atoms with Gasteiger partial charge in [0.05, 0.1) is 23.4 Å². The third-order valence-electron chi connectivity index (χ3n) is 7.16. The van der Waals surface area contributed by atoms with Gasteiger partial charge in [-0.2, -0.15) is 4.98 Å². The number of nitrogen functional groups attached to an aromatic ring is 1. The van der Waals surface area contributed by atoms with Crippen LogP contribution in [-0.2, 0) is 12.0 Å². The van der Waals surface area contributed by atoms with E-state index in [4.69, 9.17) is 5.73 Å². The predicted octanol–water partition coefficient (Wildman–Crippen LogP) is 5.32. The first-order chi connectivity index (χ1) is 17.7. The summed E-state index contributed by atoms with van der Waals surface area (Å²) in [5, 5.41) is 11.9. The number of hydrogen-bond donors (Lipinski definition) is 3. The van der Waals surface area contributed by atoms with Crippen molar-refractivity contribution in [3.63, 3.8) is 0 Å². The van der Waals surface area contributed by atoms with Gasteiger partial charge in [-0.05, 0) is 54.0 Å². The van der Waals surface area contributed by atoms with E-state index in [1.807, 2.05) is 18.2 Å². The van der Waals surface area contributed by atoms with Crippen LogP contribution in [0.15, 0.2) is 53.5 Å². The lowest BCUT2D eigenvalue weighted by molar-refractivity contribution is 0.282. The maximum atomic E-state index is 15.1. The number of H-pyrrole nitrogens is 1. The fraction of sp³-hybridized carbons (Fsp3) is 0.276. The van der Waals surface area contributed by atoms with Gasteiger partial charge in [-0.1, -0.05) is 39.0 Å². The number of nitrogens with one attached hydrogen (secondary N) is 1. The van der Waals surface area contributed by atoms with Gasteiger partial charge in [0.1, 0.15) is 11.5 Å². The average molecular weight is 498 g/mol. The molecule has 0 unspecified atom stereocenters. The van der Waals surface area contributed by atoms with E-state index in [-0.39, 0.29) is 23.4 Å². The molecule has 8 heteroatoms. The highest BCUT2D eigenvalue weighted by molar-refractivity contribution is 5.94. The molecule has 37 heavy (non-hydrogen) atoms. The molecule has 3 heterocycles. The molecular formula is C29H28FN5O2. The Morgan fingerprint density at radius 3 is 2.65 bits per heavy atom. The van der Waals surface area contributed by atoms with E-state index in [0.717, 1.165) is 29.5 Å². The van der Waals surface area contributed by atoms with Crippen molar-refractivity contribution in [1.82, 2.24) is 19.5 Å². The Morgan fingerprint density at radius 2 is 1.95 bits per heavy atom. The summed E-state index contributed by atoms with van der Waals surface area (Å²) >= 11 is 0. The number of anilines is 1. The number of aromatic nitrogens is 4. The van der Waals surface area contributed by atoms with Gasteiger partial charge in [0.15, 0.2) is 0 Å². The third kappa shape index (κ3) is 3.88. The summed E-state index contributed by atoms with van der Waals surface area (Å²) < 4.78 is 16.5. The number of rotatable bonds is 4. The smallest absolute Gasteiger partial charge is 0.265 e. The minimum absolute atomic E-state index is 0.0373. The first-order valence-corrected chi connectivity index (χ1v) is 12.4. The summed E-state index contributed by atoms with van der Waals surface area (Å²) in [5.41, 5.74) is 10.0. The van der Waals surface area contributed by atoms with Gasteiger partial charge in [0.25, 0.3) is 5.56 Å². The summed E-state index contributed by atoms with van der Waals surface area (Å²) in [5.74, 6) is -0.0494. The van der Waals surface area contributed by atoms with Crippen LogP contribution in [0.1, 0.15) is 56.4 Å². The van der Waals surface area contributed by atoms with Crippen molar-refractivity contribution in [3.05, 3.63) is 81.7 Å². The molecule has 1 aliphatic rings. The Balaban J connectivity index is 1.57. The van der Waals surface area contributed by atoms with Gasteiger partial charge < -0.3 is 15.8 Å². The van der Waals surface area contributed by atoms with Gasteiger partial charge >= 0.3 is 0 Å². The normalized spacial score (nSPS) is 14.1. The quantitative estimate of drug-likeness (QED) is 0.311. The molecule has 0 atom stereocenters. The number of benzene rings is 2. The second kappa shape index (κ2) is 8.24. The van der Waals surface area contributed by atoms with Gasteiger partial charge in [-0.25, -0.2) is 9.37 Å². The van der Waals surface area contributed by atoms with E-state index in [9.17, 15) is 9.90 Å². The van der Waals surface area contributed by atoms with Gasteiger partial charge in [0.2, 0.25) is 5.95 Å². The van der Waals surface area contributed by atoms with Crippen LogP contribution >= 0.6 is 0 Å². The molecular weight excluding hydrogens is 469 g/mol. The van der Waals surface area contributed by atoms with E-state index in [2.05, 4.69) is 35.7 Å². The molecule has 1 saturated carbocycles. The Bertz CT molecular complexity index is 1760. The summed E-state index contributed by atoms with van der Waals surface area (Å²) in [7, 11) is 0. The van der Waals surface area contributed by atoms with E-state index in [0.29, 0.717) is 39.5 Å². The van der Waals surface area contributed by atoms with Crippen molar-refractivity contribution in [3.8, 4) is 16.9 Å². The van der Waals surface area contributed by atoms with E-state index in [1.165, 1.54) is 10.6 Å². The maximum absolute atomic E-state index is 15.1. The second-order valence-electron chi connectivity index (χ2n) is 10.8. The van der Waals surface area contributed by atoms with Crippen LogP contribution < -0.4 is 11.3 Å². The minimum atomic E-state index is -0.521. The molecule has 1 aliphatic carbocycles. The third-order valence-corrected chi connectivity index (χ3v) is 7.16. The zero-order valence-electron chi connectivity index (χ0n) is 21.0. The summed E-state index contributed by atoms with van der Waals surface area (Å²) in [6, 6.07) is 12.5. The van der Waals surface area contributed by atoms with Gasteiger partial charge in [-0.15, -0.1) is 0 Å². The van der Waals surface area contributed by atoms with E-state index >= 15 is 4.39 Å². The molecule has 0 spiro atoms. The fourth-order valence-electron chi connectivity index (χ4n) is 5.02. The number of nitrogens with two attached hydrogens (primary N) is 1. The first kappa shape index (κ1) is 23.4. The van der Waals surface area contributed by atoms with Crippen molar-refractivity contribution in [2.24, 2.45) is 0 Å². The van der Waals surface area contributed by atoms with Crippen LogP contribution in [0.4, 0.5) is 10.3 Å². The van der Waals surface area contributed by atoms with Crippen molar-refractivity contribution in [2.75, 3.05) is 5.73 Å². The molecule has 0 aliphatic heterocycles. The Labute approximate surface area is 212 Å².